The molecule has 2 heterocycles. The molecule has 1 aliphatic heterocycles. The van der Waals surface area contributed by atoms with Gasteiger partial charge in [0.2, 0.25) is 0 Å². The first-order valence-electron chi connectivity index (χ1n) is 8.09. The van der Waals surface area contributed by atoms with E-state index in [4.69, 9.17) is 4.74 Å². The van der Waals surface area contributed by atoms with Crippen LogP contribution in [-0.2, 0) is 11.3 Å². The van der Waals surface area contributed by atoms with Gasteiger partial charge >= 0.3 is 0 Å². The van der Waals surface area contributed by atoms with Gasteiger partial charge in [-0.05, 0) is 34.0 Å². The van der Waals surface area contributed by atoms with E-state index < -0.39 is 0 Å². The van der Waals surface area contributed by atoms with E-state index in [2.05, 4.69) is 62.4 Å². The molecule has 24 heavy (non-hydrogen) atoms. The molecule has 2 rings (SSSR count). The molecule has 0 saturated carbocycles. The summed E-state index contributed by atoms with van der Waals surface area (Å²) in [5, 5.41) is 6.71. The van der Waals surface area contributed by atoms with Gasteiger partial charge in [-0.25, -0.2) is 0 Å². The lowest BCUT2D eigenvalue weighted by Gasteiger charge is -2.34. The average molecular weight is 531 g/mol. The van der Waals surface area contributed by atoms with Gasteiger partial charge in [0.05, 0.1) is 23.0 Å². The number of morpholine rings is 1. The normalized spacial score (nSPS) is 19.2. The second-order valence-corrected chi connectivity index (χ2v) is 8.71. The van der Waals surface area contributed by atoms with Crippen molar-refractivity contribution < 1.29 is 4.74 Å². The van der Waals surface area contributed by atoms with Gasteiger partial charge in [0, 0.05) is 38.1 Å². The van der Waals surface area contributed by atoms with Gasteiger partial charge in [-0.1, -0.05) is 13.8 Å². The van der Waals surface area contributed by atoms with Crippen LogP contribution in [-0.4, -0.2) is 56.8 Å². The van der Waals surface area contributed by atoms with Crippen LogP contribution in [0.15, 0.2) is 20.9 Å². The number of guanidine groups is 1. The van der Waals surface area contributed by atoms with Crippen molar-refractivity contribution in [3.05, 3.63) is 20.8 Å². The lowest BCUT2D eigenvalue weighted by molar-refractivity contribution is -0.0284. The molecule has 1 aliphatic rings. The monoisotopic (exact) mass is 530 g/mol. The molecule has 2 N–H and O–H groups in total. The predicted molar refractivity (Wildman–Crippen MR) is 117 cm³/mol. The van der Waals surface area contributed by atoms with Crippen molar-refractivity contribution in [2.24, 2.45) is 10.9 Å². The Hall–Kier alpha value is 0.1000. The van der Waals surface area contributed by atoms with E-state index in [1.165, 1.54) is 4.88 Å². The minimum absolute atomic E-state index is 0. The molecule has 138 valence electrons. The van der Waals surface area contributed by atoms with Gasteiger partial charge in [0.1, 0.15) is 0 Å². The second-order valence-electron chi connectivity index (χ2n) is 6.16. The Morgan fingerprint density at radius 1 is 1.46 bits per heavy atom. The molecule has 0 spiro atoms. The predicted octanol–water partition coefficient (Wildman–Crippen LogP) is 3.15. The fourth-order valence-electron chi connectivity index (χ4n) is 2.63. The molecule has 0 bridgehead atoms. The summed E-state index contributed by atoms with van der Waals surface area (Å²) in [6.45, 7) is 10.1. The van der Waals surface area contributed by atoms with Crippen molar-refractivity contribution in [3.8, 4) is 0 Å². The van der Waals surface area contributed by atoms with Crippen LogP contribution in [0.4, 0.5) is 0 Å². The number of nitrogens with one attached hydrogen (secondary N) is 2. The smallest absolute Gasteiger partial charge is 0.191 e. The van der Waals surface area contributed by atoms with Gasteiger partial charge in [0.15, 0.2) is 5.96 Å². The van der Waals surface area contributed by atoms with E-state index in [1.807, 2.05) is 0 Å². The first-order valence-corrected chi connectivity index (χ1v) is 9.70. The summed E-state index contributed by atoms with van der Waals surface area (Å²) in [5.74, 6) is 1.51. The topological polar surface area (TPSA) is 48.9 Å². The van der Waals surface area contributed by atoms with Gasteiger partial charge in [0.25, 0.3) is 0 Å². The summed E-state index contributed by atoms with van der Waals surface area (Å²) in [4.78, 5) is 8.04. The number of halogens is 2. The van der Waals surface area contributed by atoms with E-state index >= 15 is 0 Å². The number of rotatable bonds is 6. The summed E-state index contributed by atoms with van der Waals surface area (Å²) in [5.41, 5.74) is 0. The molecule has 0 aromatic carbocycles. The Bertz CT molecular complexity index is 512. The highest BCUT2D eigenvalue weighted by Gasteiger charge is 2.21. The Morgan fingerprint density at radius 2 is 2.25 bits per heavy atom. The van der Waals surface area contributed by atoms with Crippen molar-refractivity contribution >= 4 is 57.2 Å². The largest absolute Gasteiger partial charge is 0.374 e. The molecule has 0 radical (unpaired) electrons. The molecule has 1 saturated heterocycles. The summed E-state index contributed by atoms with van der Waals surface area (Å²) in [6, 6.07) is 4.18. The van der Waals surface area contributed by atoms with Crippen LogP contribution < -0.4 is 10.6 Å². The standard InChI is InChI=1S/C16H27BrN4OS.HI/c1-12(2)10-21-6-7-22-13(11-21)8-19-16(18-3)20-9-14-4-5-15(17)23-14;/h4-5,12-13H,6-11H2,1-3H3,(H2,18,19,20);1H. The van der Waals surface area contributed by atoms with E-state index in [0.717, 1.165) is 49.1 Å². The van der Waals surface area contributed by atoms with Crippen LogP contribution in [0.1, 0.15) is 18.7 Å². The molecule has 1 fully saturated rings. The van der Waals surface area contributed by atoms with Crippen molar-refractivity contribution in [1.82, 2.24) is 15.5 Å². The zero-order valence-electron chi connectivity index (χ0n) is 14.5. The zero-order valence-corrected chi connectivity index (χ0v) is 19.3. The van der Waals surface area contributed by atoms with E-state index in [-0.39, 0.29) is 30.1 Å². The fourth-order valence-corrected chi connectivity index (χ4v) is 4.06. The second kappa shape index (κ2) is 11.7. The Morgan fingerprint density at radius 3 is 2.88 bits per heavy atom. The molecule has 0 amide bonds. The first-order chi connectivity index (χ1) is 11.1. The summed E-state index contributed by atoms with van der Waals surface area (Å²) in [6.07, 6.45) is 0.219. The van der Waals surface area contributed by atoms with Crippen LogP contribution in [0.5, 0.6) is 0 Å². The molecule has 1 unspecified atom stereocenters. The maximum absolute atomic E-state index is 5.86. The van der Waals surface area contributed by atoms with Crippen molar-refractivity contribution in [2.75, 3.05) is 39.8 Å². The minimum Gasteiger partial charge on any atom is -0.374 e. The molecule has 1 aromatic heterocycles. The molecular formula is C16H28BrIN4OS. The zero-order chi connectivity index (χ0) is 16.7. The van der Waals surface area contributed by atoms with Crippen LogP contribution in [0, 0.1) is 5.92 Å². The number of thiophene rings is 1. The fraction of sp³-hybridized carbons (Fsp3) is 0.688. The van der Waals surface area contributed by atoms with Crippen LogP contribution in [0.25, 0.3) is 0 Å². The van der Waals surface area contributed by atoms with E-state index in [0.29, 0.717) is 5.92 Å². The quantitative estimate of drug-likeness (QED) is 0.337. The third-order valence-electron chi connectivity index (χ3n) is 3.63. The molecule has 8 heteroatoms. The van der Waals surface area contributed by atoms with Gasteiger partial charge in [-0.2, -0.15) is 0 Å². The van der Waals surface area contributed by atoms with Crippen molar-refractivity contribution in [3.63, 3.8) is 0 Å². The summed E-state index contributed by atoms with van der Waals surface area (Å²) in [7, 11) is 1.80. The maximum Gasteiger partial charge on any atom is 0.191 e. The average Bonchev–Trinajstić information content (AvgIpc) is 2.93. The maximum atomic E-state index is 5.86. The number of aliphatic imine (C=N–C) groups is 1. The minimum atomic E-state index is 0. The van der Waals surface area contributed by atoms with Crippen LogP contribution in [0.3, 0.4) is 0 Å². The first kappa shape index (κ1) is 22.1. The van der Waals surface area contributed by atoms with Crippen molar-refractivity contribution in [2.45, 2.75) is 26.5 Å². The number of ether oxygens (including phenoxy) is 1. The molecule has 1 aromatic rings. The lowest BCUT2D eigenvalue weighted by Crippen LogP contribution is -2.50. The summed E-state index contributed by atoms with van der Waals surface area (Å²) >= 11 is 5.22. The van der Waals surface area contributed by atoms with Gasteiger partial charge in [-0.3, -0.25) is 9.89 Å². The van der Waals surface area contributed by atoms with Crippen molar-refractivity contribution in [1.29, 1.82) is 0 Å². The van der Waals surface area contributed by atoms with E-state index in [9.17, 15) is 0 Å². The number of hydrogen-bond acceptors (Lipinski definition) is 4. The Kier molecular flexibility index (Phi) is 10.8. The van der Waals surface area contributed by atoms with Crippen LogP contribution >= 0.6 is 51.2 Å². The Balaban J connectivity index is 0.00000288. The number of nitrogens with zero attached hydrogens (tertiary/aromatic N) is 2. The van der Waals surface area contributed by atoms with Gasteiger partial charge < -0.3 is 15.4 Å². The summed E-state index contributed by atoms with van der Waals surface area (Å²) < 4.78 is 7.01. The molecule has 1 atom stereocenters. The molecule has 0 aliphatic carbocycles. The highest BCUT2D eigenvalue weighted by atomic mass is 127. The van der Waals surface area contributed by atoms with Crippen LogP contribution in [0.2, 0.25) is 0 Å². The molecular weight excluding hydrogens is 503 g/mol. The van der Waals surface area contributed by atoms with E-state index in [1.54, 1.807) is 18.4 Å². The third-order valence-corrected chi connectivity index (χ3v) is 5.25. The number of hydrogen-bond donors (Lipinski definition) is 2. The Labute approximate surface area is 174 Å². The van der Waals surface area contributed by atoms with Gasteiger partial charge in [-0.15, -0.1) is 35.3 Å². The highest BCUT2D eigenvalue weighted by molar-refractivity contribution is 14.0. The SMILES string of the molecule is CN=C(NCc1ccc(Br)s1)NCC1CN(CC(C)C)CCO1.I. The third kappa shape index (κ3) is 7.99. The highest BCUT2D eigenvalue weighted by Crippen LogP contribution is 2.21. The molecule has 5 nitrogen and oxygen atoms in total. The lowest BCUT2D eigenvalue weighted by atomic mass is 10.2.